The Balaban J connectivity index is 2.32. The van der Waals surface area contributed by atoms with Crippen molar-refractivity contribution < 1.29 is 4.39 Å². The van der Waals surface area contributed by atoms with Gasteiger partial charge in [0.1, 0.15) is 6.17 Å². The molecule has 1 atom stereocenters. The van der Waals surface area contributed by atoms with Gasteiger partial charge < -0.3 is 0 Å². The Hall–Kier alpha value is -0.400. The second kappa shape index (κ2) is 1.37. The average Bonchev–Trinajstić information content (AvgIpc) is 1.86. The van der Waals surface area contributed by atoms with Gasteiger partial charge in [0.05, 0.1) is 6.54 Å². The highest BCUT2D eigenvalue weighted by molar-refractivity contribution is 5.60. The molecule has 1 unspecified atom stereocenters. The van der Waals surface area contributed by atoms with E-state index in [1.807, 2.05) is 0 Å². The van der Waals surface area contributed by atoms with Gasteiger partial charge >= 0.3 is 0 Å². The standard InChI is InChI=1S/C4H6FN/c5-4-1-2-6-3-4/h2,4H,1,3H2. The minimum atomic E-state index is -0.676. The summed E-state index contributed by atoms with van der Waals surface area (Å²) in [4.78, 5) is 3.66. The van der Waals surface area contributed by atoms with Crippen LogP contribution in [-0.2, 0) is 0 Å². The number of hydrogen-bond donors (Lipinski definition) is 0. The third-order valence-corrected chi connectivity index (χ3v) is 0.794. The van der Waals surface area contributed by atoms with Crippen LogP contribution >= 0.6 is 0 Å². The fraction of sp³-hybridized carbons (Fsp3) is 0.750. The molecular formula is C4H6FN. The minimum absolute atomic E-state index is 0.389. The Labute approximate surface area is 35.9 Å². The van der Waals surface area contributed by atoms with Crippen LogP contribution in [0, 0.1) is 0 Å². The van der Waals surface area contributed by atoms with Crippen molar-refractivity contribution >= 4 is 6.21 Å². The normalized spacial score (nSPS) is 31.8. The lowest BCUT2D eigenvalue weighted by atomic mass is 10.3. The second-order valence-electron chi connectivity index (χ2n) is 1.38. The fourth-order valence-corrected chi connectivity index (χ4v) is 0.452. The van der Waals surface area contributed by atoms with E-state index in [2.05, 4.69) is 4.99 Å². The molecule has 0 saturated carbocycles. The number of halogens is 1. The van der Waals surface area contributed by atoms with Crippen LogP contribution < -0.4 is 0 Å². The maximum Gasteiger partial charge on any atom is 0.124 e. The van der Waals surface area contributed by atoms with Gasteiger partial charge in [0.25, 0.3) is 0 Å². The van der Waals surface area contributed by atoms with Gasteiger partial charge in [0.15, 0.2) is 0 Å². The monoisotopic (exact) mass is 87.0 g/mol. The summed E-state index contributed by atoms with van der Waals surface area (Å²) in [5, 5.41) is 0. The number of hydrogen-bond acceptors (Lipinski definition) is 1. The zero-order valence-electron chi connectivity index (χ0n) is 3.39. The number of nitrogens with zero attached hydrogens (tertiary/aromatic N) is 1. The summed E-state index contributed by atoms with van der Waals surface area (Å²) in [6.07, 6.45) is 1.48. The van der Waals surface area contributed by atoms with E-state index >= 15 is 0 Å². The largest absolute Gasteiger partial charge is 0.294 e. The Morgan fingerprint density at radius 1 is 1.83 bits per heavy atom. The molecule has 6 heavy (non-hydrogen) atoms. The first-order chi connectivity index (χ1) is 2.89. The smallest absolute Gasteiger partial charge is 0.124 e. The van der Waals surface area contributed by atoms with Crippen molar-refractivity contribution in [2.45, 2.75) is 12.6 Å². The molecule has 1 nitrogen and oxygen atoms in total. The van der Waals surface area contributed by atoms with Gasteiger partial charge in [-0.15, -0.1) is 0 Å². The molecule has 0 amide bonds. The van der Waals surface area contributed by atoms with E-state index < -0.39 is 6.17 Å². The van der Waals surface area contributed by atoms with Crippen molar-refractivity contribution in [2.24, 2.45) is 4.99 Å². The summed E-state index contributed by atoms with van der Waals surface area (Å²) < 4.78 is 11.8. The molecule has 0 spiro atoms. The Kier molecular flexibility index (Phi) is 0.862. The fourth-order valence-electron chi connectivity index (χ4n) is 0.452. The molecular weight excluding hydrogens is 81.0 g/mol. The molecule has 2 heteroatoms. The Bertz CT molecular complexity index is 61.9. The van der Waals surface area contributed by atoms with Crippen LogP contribution in [0.3, 0.4) is 0 Å². The van der Waals surface area contributed by atoms with Crippen LogP contribution in [0.25, 0.3) is 0 Å². The van der Waals surface area contributed by atoms with Gasteiger partial charge in [-0.3, -0.25) is 4.99 Å². The van der Waals surface area contributed by atoms with E-state index in [0.29, 0.717) is 13.0 Å². The van der Waals surface area contributed by atoms with Crippen LogP contribution in [0.4, 0.5) is 4.39 Å². The second-order valence-corrected chi connectivity index (χ2v) is 1.38. The highest BCUT2D eigenvalue weighted by Gasteiger charge is 2.06. The third kappa shape index (κ3) is 0.559. The molecule has 1 rings (SSSR count). The molecule has 0 aromatic carbocycles. The van der Waals surface area contributed by atoms with E-state index in [4.69, 9.17) is 0 Å². The summed E-state index contributed by atoms with van der Waals surface area (Å²) >= 11 is 0. The summed E-state index contributed by atoms with van der Waals surface area (Å²) in [6.45, 7) is 0.389. The van der Waals surface area contributed by atoms with E-state index in [9.17, 15) is 4.39 Å². The topological polar surface area (TPSA) is 12.4 Å². The quantitative estimate of drug-likeness (QED) is 0.414. The summed E-state index contributed by atoms with van der Waals surface area (Å²) in [7, 11) is 0. The molecule has 0 bridgehead atoms. The van der Waals surface area contributed by atoms with E-state index in [0.717, 1.165) is 0 Å². The van der Waals surface area contributed by atoms with Crippen LogP contribution in [0.1, 0.15) is 6.42 Å². The number of aliphatic imine (C=N–C) groups is 1. The maximum absolute atomic E-state index is 11.8. The van der Waals surface area contributed by atoms with Crippen molar-refractivity contribution in [3.63, 3.8) is 0 Å². The van der Waals surface area contributed by atoms with E-state index in [1.54, 1.807) is 6.21 Å². The van der Waals surface area contributed by atoms with Crippen molar-refractivity contribution in [3.05, 3.63) is 0 Å². The van der Waals surface area contributed by atoms with Crippen molar-refractivity contribution in [1.29, 1.82) is 0 Å². The molecule has 0 N–H and O–H groups in total. The zero-order chi connectivity index (χ0) is 4.41. The Morgan fingerprint density at radius 2 is 2.67 bits per heavy atom. The molecule has 1 heterocycles. The van der Waals surface area contributed by atoms with Gasteiger partial charge in [-0.2, -0.15) is 0 Å². The number of rotatable bonds is 0. The molecule has 0 saturated heterocycles. The van der Waals surface area contributed by atoms with Gasteiger partial charge in [0.2, 0.25) is 0 Å². The molecule has 1 aliphatic rings. The predicted molar refractivity (Wildman–Crippen MR) is 22.9 cm³/mol. The van der Waals surface area contributed by atoms with Crippen LogP contribution in [0.15, 0.2) is 4.99 Å². The lowest BCUT2D eigenvalue weighted by molar-refractivity contribution is 0.367. The van der Waals surface area contributed by atoms with E-state index in [-0.39, 0.29) is 0 Å². The molecule has 0 radical (unpaired) electrons. The van der Waals surface area contributed by atoms with Gasteiger partial charge in [-0.05, 0) is 0 Å². The van der Waals surface area contributed by atoms with Crippen molar-refractivity contribution in [3.8, 4) is 0 Å². The van der Waals surface area contributed by atoms with Gasteiger partial charge in [-0.25, -0.2) is 4.39 Å². The van der Waals surface area contributed by atoms with Gasteiger partial charge in [-0.1, -0.05) is 0 Å². The first-order valence-corrected chi connectivity index (χ1v) is 2.02. The summed E-state index contributed by atoms with van der Waals surface area (Å²) in [5.41, 5.74) is 0. The van der Waals surface area contributed by atoms with Gasteiger partial charge in [0, 0.05) is 12.6 Å². The molecule has 0 aromatic heterocycles. The maximum atomic E-state index is 11.8. The van der Waals surface area contributed by atoms with E-state index in [1.165, 1.54) is 0 Å². The van der Waals surface area contributed by atoms with Crippen molar-refractivity contribution in [2.75, 3.05) is 6.54 Å². The highest BCUT2D eigenvalue weighted by Crippen LogP contribution is 2.01. The van der Waals surface area contributed by atoms with Crippen LogP contribution in [0.2, 0.25) is 0 Å². The third-order valence-electron chi connectivity index (χ3n) is 0.794. The lowest BCUT2D eigenvalue weighted by Gasteiger charge is -1.85. The zero-order valence-corrected chi connectivity index (χ0v) is 3.39. The minimum Gasteiger partial charge on any atom is -0.294 e. The molecule has 0 aromatic rings. The molecule has 0 fully saturated rings. The molecule has 1 aliphatic heterocycles. The van der Waals surface area contributed by atoms with Crippen molar-refractivity contribution in [1.82, 2.24) is 0 Å². The summed E-state index contributed by atoms with van der Waals surface area (Å²) in [6, 6.07) is 0. The Morgan fingerprint density at radius 3 is 2.83 bits per heavy atom. The SMILES string of the molecule is FC1CC=NC1. The molecule has 0 aliphatic carbocycles. The first-order valence-electron chi connectivity index (χ1n) is 2.02. The summed E-state index contributed by atoms with van der Waals surface area (Å²) in [5.74, 6) is 0. The molecule has 34 valence electrons. The highest BCUT2D eigenvalue weighted by atomic mass is 19.1. The average molecular weight is 87.1 g/mol. The van der Waals surface area contributed by atoms with Crippen LogP contribution in [0.5, 0.6) is 0 Å². The number of alkyl halides is 1. The predicted octanol–water partition coefficient (Wildman–Crippen LogP) is 0.799. The van der Waals surface area contributed by atoms with Crippen LogP contribution in [-0.4, -0.2) is 18.9 Å². The first kappa shape index (κ1) is 3.78. The lowest BCUT2D eigenvalue weighted by Crippen LogP contribution is -1.95.